The third kappa shape index (κ3) is 4.07. The summed E-state index contributed by atoms with van der Waals surface area (Å²) in [5.41, 5.74) is 0.387. The fraction of sp³-hybridized carbons (Fsp3) is 0.429. The molecule has 2 rings (SSSR count). The molecule has 1 aromatic rings. The van der Waals surface area contributed by atoms with Gasteiger partial charge in [-0.15, -0.1) is 0 Å². The number of urea groups is 1. The van der Waals surface area contributed by atoms with Gasteiger partial charge in [0.15, 0.2) is 0 Å². The Bertz CT molecular complexity index is 542. The van der Waals surface area contributed by atoms with Crippen molar-refractivity contribution in [3.8, 4) is 0 Å². The van der Waals surface area contributed by atoms with Crippen LogP contribution in [-0.4, -0.2) is 46.8 Å². The van der Waals surface area contributed by atoms with Gasteiger partial charge < -0.3 is 20.4 Å². The Morgan fingerprint density at radius 3 is 2.57 bits per heavy atom. The molecule has 114 valence electrons. The molecule has 1 fully saturated rings. The van der Waals surface area contributed by atoms with Crippen LogP contribution in [-0.2, 0) is 0 Å². The first-order valence-corrected chi connectivity index (χ1v) is 7.78. The SMILES string of the molecule is O=C(O)c1cc(I)ccc1NC(=O)N1CCC(CO)CC1. The minimum absolute atomic E-state index is 0.0838. The van der Waals surface area contributed by atoms with E-state index in [1.807, 2.05) is 22.6 Å². The summed E-state index contributed by atoms with van der Waals surface area (Å²) in [6.07, 6.45) is 1.53. The summed E-state index contributed by atoms with van der Waals surface area (Å²) in [5.74, 6) is -0.815. The molecule has 1 heterocycles. The van der Waals surface area contributed by atoms with Crippen LogP contribution < -0.4 is 5.32 Å². The highest BCUT2D eigenvalue weighted by Gasteiger charge is 2.23. The van der Waals surface area contributed by atoms with Gasteiger partial charge in [0.25, 0.3) is 0 Å². The second-order valence-electron chi connectivity index (χ2n) is 5.04. The number of likely N-dealkylation sites (tertiary alicyclic amines) is 1. The molecule has 0 saturated carbocycles. The van der Waals surface area contributed by atoms with Gasteiger partial charge in [0, 0.05) is 23.3 Å². The lowest BCUT2D eigenvalue weighted by molar-refractivity contribution is 0.0698. The number of aliphatic hydroxyl groups is 1. The Morgan fingerprint density at radius 2 is 2.00 bits per heavy atom. The van der Waals surface area contributed by atoms with E-state index in [0.29, 0.717) is 18.8 Å². The van der Waals surface area contributed by atoms with E-state index in [1.165, 1.54) is 6.07 Å². The molecule has 1 saturated heterocycles. The zero-order valence-electron chi connectivity index (χ0n) is 11.4. The number of hydrogen-bond acceptors (Lipinski definition) is 3. The van der Waals surface area contributed by atoms with Crippen molar-refractivity contribution < 1.29 is 19.8 Å². The van der Waals surface area contributed by atoms with Gasteiger partial charge in [0.1, 0.15) is 0 Å². The van der Waals surface area contributed by atoms with E-state index in [9.17, 15) is 14.7 Å². The Kier molecular flexibility index (Phi) is 5.40. The number of carbonyl (C=O) groups excluding carboxylic acids is 1. The number of anilines is 1. The van der Waals surface area contributed by atoms with Crippen molar-refractivity contribution in [1.82, 2.24) is 4.90 Å². The second-order valence-corrected chi connectivity index (χ2v) is 6.28. The van der Waals surface area contributed by atoms with E-state index in [2.05, 4.69) is 5.32 Å². The van der Waals surface area contributed by atoms with Crippen molar-refractivity contribution in [3.63, 3.8) is 0 Å². The predicted octanol–water partition coefficient (Wildman–Crippen LogP) is 2.23. The Labute approximate surface area is 136 Å². The minimum Gasteiger partial charge on any atom is -0.478 e. The van der Waals surface area contributed by atoms with E-state index in [1.54, 1.807) is 17.0 Å². The molecule has 0 aromatic heterocycles. The highest BCUT2D eigenvalue weighted by atomic mass is 127. The fourth-order valence-electron chi connectivity index (χ4n) is 2.32. The highest BCUT2D eigenvalue weighted by Crippen LogP contribution is 2.21. The molecule has 0 bridgehead atoms. The summed E-state index contributed by atoms with van der Waals surface area (Å²) in [7, 11) is 0. The molecular formula is C14H17IN2O4. The normalized spacial score (nSPS) is 15.8. The monoisotopic (exact) mass is 404 g/mol. The number of benzene rings is 1. The number of aliphatic hydroxyl groups excluding tert-OH is 1. The number of amides is 2. The fourth-order valence-corrected chi connectivity index (χ4v) is 2.81. The molecular weight excluding hydrogens is 387 g/mol. The molecule has 7 heteroatoms. The number of nitrogens with zero attached hydrogens (tertiary/aromatic N) is 1. The Hall–Kier alpha value is -1.35. The molecule has 0 aliphatic carbocycles. The van der Waals surface area contributed by atoms with Gasteiger partial charge in [-0.05, 0) is 59.5 Å². The van der Waals surface area contributed by atoms with Gasteiger partial charge in [-0.1, -0.05) is 0 Å². The van der Waals surface area contributed by atoms with Crippen LogP contribution in [0.4, 0.5) is 10.5 Å². The van der Waals surface area contributed by atoms with E-state index in [4.69, 9.17) is 5.11 Å². The van der Waals surface area contributed by atoms with E-state index >= 15 is 0 Å². The molecule has 3 N–H and O–H groups in total. The maximum Gasteiger partial charge on any atom is 0.337 e. The highest BCUT2D eigenvalue weighted by molar-refractivity contribution is 14.1. The standard InChI is InChI=1S/C14H17IN2O4/c15-10-1-2-12(11(7-10)13(19)20)16-14(21)17-5-3-9(8-18)4-6-17/h1-2,7,9,18H,3-6,8H2,(H,16,21)(H,19,20). The van der Waals surface area contributed by atoms with Gasteiger partial charge in [0.05, 0.1) is 11.3 Å². The third-order valence-electron chi connectivity index (χ3n) is 3.61. The van der Waals surface area contributed by atoms with Crippen LogP contribution in [0.3, 0.4) is 0 Å². The van der Waals surface area contributed by atoms with Gasteiger partial charge in [0.2, 0.25) is 0 Å². The number of carboxylic acid groups (broad SMARTS) is 1. The Morgan fingerprint density at radius 1 is 1.33 bits per heavy atom. The van der Waals surface area contributed by atoms with Crippen LogP contribution >= 0.6 is 22.6 Å². The van der Waals surface area contributed by atoms with Gasteiger partial charge in [-0.2, -0.15) is 0 Å². The number of carbonyl (C=O) groups is 2. The number of rotatable bonds is 3. The van der Waals surface area contributed by atoms with Crippen molar-refractivity contribution in [3.05, 3.63) is 27.3 Å². The van der Waals surface area contributed by atoms with Crippen LogP contribution in [0.25, 0.3) is 0 Å². The third-order valence-corrected chi connectivity index (χ3v) is 4.28. The van der Waals surface area contributed by atoms with E-state index in [-0.39, 0.29) is 24.1 Å². The van der Waals surface area contributed by atoms with Crippen molar-refractivity contribution in [2.24, 2.45) is 5.92 Å². The largest absolute Gasteiger partial charge is 0.478 e. The molecule has 1 aromatic carbocycles. The number of aromatic carboxylic acids is 1. The number of halogens is 1. The zero-order chi connectivity index (χ0) is 15.4. The van der Waals surface area contributed by atoms with Crippen LogP contribution in [0.5, 0.6) is 0 Å². The second kappa shape index (κ2) is 7.08. The molecule has 21 heavy (non-hydrogen) atoms. The average Bonchev–Trinajstić information content (AvgIpc) is 2.49. The lowest BCUT2D eigenvalue weighted by Crippen LogP contribution is -2.41. The molecule has 0 unspecified atom stereocenters. The van der Waals surface area contributed by atoms with Crippen molar-refractivity contribution >= 4 is 40.3 Å². The first-order valence-electron chi connectivity index (χ1n) is 6.71. The van der Waals surface area contributed by atoms with Gasteiger partial charge in [-0.3, -0.25) is 0 Å². The maximum atomic E-state index is 12.2. The molecule has 2 amide bonds. The van der Waals surface area contributed by atoms with E-state index in [0.717, 1.165) is 16.4 Å². The van der Waals surface area contributed by atoms with Crippen LogP contribution in [0.1, 0.15) is 23.2 Å². The number of hydrogen-bond donors (Lipinski definition) is 3. The number of piperidine rings is 1. The maximum absolute atomic E-state index is 12.2. The van der Waals surface area contributed by atoms with Crippen LogP contribution in [0.15, 0.2) is 18.2 Å². The van der Waals surface area contributed by atoms with Crippen LogP contribution in [0, 0.1) is 9.49 Å². The van der Waals surface area contributed by atoms with Crippen LogP contribution in [0.2, 0.25) is 0 Å². The van der Waals surface area contributed by atoms with Crippen molar-refractivity contribution in [2.45, 2.75) is 12.8 Å². The number of carboxylic acids is 1. The average molecular weight is 404 g/mol. The topological polar surface area (TPSA) is 89.9 Å². The smallest absolute Gasteiger partial charge is 0.337 e. The molecule has 0 atom stereocenters. The van der Waals surface area contributed by atoms with Gasteiger partial charge in [-0.25, -0.2) is 9.59 Å². The zero-order valence-corrected chi connectivity index (χ0v) is 13.5. The molecule has 0 radical (unpaired) electrons. The summed E-state index contributed by atoms with van der Waals surface area (Å²) < 4.78 is 0.798. The predicted molar refractivity (Wildman–Crippen MR) is 86.5 cm³/mol. The summed E-state index contributed by atoms with van der Waals surface area (Å²) >= 11 is 2.03. The quantitative estimate of drug-likeness (QED) is 0.675. The summed E-state index contributed by atoms with van der Waals surface area (Å²) in [6, 6.07) is 4.58. The Balaban J connectivity index is 2.05. The molecule has 1 aliphatic rings. The molecule has 0 spiro atoms. The first-order chi connectivity index (χ1) is 10.0. The first kappa shape index (κ1) is 16.0. The van der Waals surface area contributed by atoms with Gasteiger partial charge >= 0.3 is 12.0 Å². The van der Waals surface area contributed by atoms with Crippen molar-refractivity contribution in [2.75, 3.05) is 25.0 Å². The summed E-state index contributed by atoms with van der Waals surface area (Å²) in [5, 5.41) is 20.9. The lowest BCUT2D eigenvalue weighted by Gasteiger charge is -2.31. The molecule has 1 aliphatic heterocycles. The van der Waals surface area contributed by atoms with Crippen molar-refractivity contribution in [1.29, 1.82) is 0 Å². The van der Waals surface area contributed by atoms with E-state index < -0.39 is 5.97 Å². The molecule has 6 nitrogen and oxygen atoms in total. The lowest BCUT2D eigenvalue weighted by atomic mass is 9.98. The summed E-state index contributed by atoms with van der Waals surface area (Å²) in [6.45, 7) is 1.30. The minimum atomic E-state index is -1.07. The number of nitrogens with one attached hydrogen (secondary N) is 1. The summed E-state index contributed by atoms with van der Waals surface area (Å²) in [4.78, 5) is 25.0.